The van der Waals surface area contributed by atoms with Gasteiger partial charge < -0.3 is 15.1 Å². The van der Waals surface area contributed by atoms with Gasteiger partial charge in [0.05, 0.1) is 0 Å². The zero-order valence-corrected chi connectivity index (χ0v) is 12.9. The Bertz CT molecular complexity index is 530. The van der Waals surface area contributed by atoms with Crippen molar-refractivity contribution in [1.29, 1.82) is 0 Å². The van der Waals surface area contributed by atoms with Crippen LogP contribution in [0.1, 0.15) is 34.6 Å². The van der Waals surface area contributed by atoms with Crippen LogP contribution in [0.2, 0.25) is 0 Å². The van der Waals surface area contributed by atoms with Crippen LogP contribution in [0.4, 0.5) is 0 Å². The Kier molecular flexibility index (Phi) is 4.96. The second-order valence-electron chi connectivity index (χ2n) is 5.45. The second-order valence-corrected chi connectivity index (χ2v) is 5.45. The molecule has 1 aromatic carbocycles. The van der Waals surface area contributed by atoms with Crippen LogP contribution in [0, 0.1) is 0 Å². The number of carbonyl (C=O) groups is 2. The van der Waals surface area contributed by atoms with Crippen LogP contribution < -0.4 is 5.32 Å². The maximum Gasteiger partial charge on any atom is 0.254 e. The van der Waals surface area contributed by atoms with Gasteiger partial charge in [-0.1, -0.05) is 6.07 Å². The first kappa shape index (κ1) is 15.5. The number of rotatable bonds is 3. The van der Waals surface area contributed by atoms with E-state index in [2.05, 4.69) is 5.32 Å². The molecule has 1 aliphatic rings. The summed E-state index contributed by atoms with van der Waals surface area (Å²) < 4.78 is 0. The van der Waals surface area contributed by atoms with E-state index in [-0.39, 0.29) is 17.9 Å². The Morgan fingerprint density at radius 3 is 2.76 bits per heavy atom. The fourth-order valence-corrected chi connectivity index (χ4v) is 2.46. The molecule has 2 rings (SSSR count). The molecule has 0 aromatic heterocycles. The molecule has 2 amide bonds. The van der Waals surface area contributed by atoms with Crippen LogP contribution >= 0.6 is 0 Å². The van der Waals surface area contributed by atoms with Crippen LogP contribution in [-0.4, -0.2) is 60.9 Å². The number of hydrogen-bond donors (Lipinski definition) is 1. The Hall–Kier alpha value is -1.88. The van der Waals surface area contributed by atoms with Gasteiger partial charge in [-0.25, -0.2) is 0 Å². The molecule has 0 radical (unpaired) electrons. The zero-order chi connectivity index (χ0) is 15.4. The molecule has 5 heteroatoms. The Morgan fingerprint density at radius 1 is 1.38 bits per heavy atom. The van der Waals surface area contributed by atoms with Gasteiger partial charge in [-0.2, -0.15) is 0 Å². The Morgan fingerprint density at radius 2 is 2.10 bits per heavy atom. The second kappa shape index (κ2) is 6.72. The van der Waals surface area contributed by atoms with Gasteiger partial charge in [0.15, 0.2) is 0 Å². The lowest BCUT2D eigenvalue weighted by atomic mass is 10.1. The fraction of sp³-hybridized carbons (Fsp3) is 0.500. The third-order valence-corrected chi connectivity index (χ3v) is 3.94. The molecule has 21 heavy (non-hydrogen) atoms. The minimum Gasteiger partial charge on any atom is -0.342 e. The SMILES string of the molecule is CCN(C)C(=O)c1cccc(C(=O)N2CCNC[C@@H]2C)c1. The van der Waals surface area contributed by atoms with E-state index in [1.165, 1.54) is 0 Å². The highest BCUT2D eigenvalue weighted by molar-refractivity contribution is 5.99. The summed E-state index contributed by atoms with van der Waals surface area (Å²) in [5.41, 5.74) is 1.15. The molecule has 0 saturated carbocycles. The van der Waals surface area contributed by atoms with Gasteiger partial charge in [0.1, 0.15) is 0 Å². The number of amides is 2. The third-order valence-electron chi connectivity index (χ3n) is 3.94. The van der Waals surface area contributed by atoms with Crippen LogP contribution in [-0.2, 0) is 0 Å². The van der Waals surface area contributed by atoms with Crippen LogP contribution in [0.25, 0.3) is 0 Å². The number of piperazine rings is 1. The Balaban J connectivity index is 2.20. The highest BCUT2D eigenvalue weighted by atomic mass is 16.2. The Labute approximate surface area is 125 Å². The number of benzene rings is 1. The topological polar surface area (TPSA) is 52.7 Å². The molecule has 1 atom stereocenters. The van der Waals surface area contributed by atoms with Gasteiger partial charge in [-0.05, 0) is 32.0 Å². The summed E-state index contributed by atoms with van der Waals surface area (Å²) in [6.07, 6.45) is 0. The summed E-state index contributed by atoms with van der Waals surface area (Å²) >= 11 is 0. The summed E-state index contributed by atoms with van der Waals surface area (Å²) in [6, 6.07) is 7.18. The lowest BCUT2D eigenvalue weighted by molar-refractivity contribution is 0.0655. The highest BCUT2D eigenvalue weighted by Crippen LogP contribution is 2.13. The van der Waals surface area contributed by atoms with Crippen LogP contribution in [0.15, 0.2) is 24.3 Å². The van der Waals surface area contributed by atoms with E-state index in [0.717, 1.165) is 13.1 Å². The van der Waals surface area contributed by atoms with Crippen molar-refractivity contribution in [1.82, 2.24) is 15.1 Å². The van der Waals surface area contributed by atoms with Crippen LogP contribution in [0.3, 0.4) is 0 Å². The molecule has 0 unspecified atom stereocenters. The third kappa shape index (κ3) is 3.42. The van der Waals surface area contributed by atoms with Crippen LogP contribution in [0.5, 0.6) is 0 Å². The lowest BCUT2D eigenvalue weighted by Gasteiger charge is -2.34. The van der Waals surface area contributed by atoms with Gasteiger partial charge in [-0.3, -0.25) is 9.59 Å². The van der Waals surface area contributed by atoms with Crippen molar-refractivity contribution in [2.45, 2.75) is 19.9 Å². The van der Waals surface area contributed by atoms with Crippen molar-refractivity contribution in [3.05, 3.63) is 35.4 Å². The summed E-state index contributed by atoms with van der Waals surface area (Å²) in [7, 11) is 1.76. The summed E-state index contributed by atoms with van der Waals surface area (Å²) in [4.78, 5) is 28.3. The van der Waals surface area contributed by atoms with Gasteiger partial charge >= 0.3 is 0 Å². The van der Waals surface area contributed by atoms with Gasteiger partial charge in [0.25, 0.3) is 11.8 Å². The molecule has 0 spiro atoms. The molecule has 1 aromatic rings. The average Bonchev–Trinajstić information content (AvgIpc) is 2.53. The lowest BCUT2D eigenvalue weighted by Crippen LogP contribution is -2.52. The first-order valence-corrected chi connectivity index (χ1v) is 7.41. The fourth-order valence-electron chi connectivity index (χ4n) is 2.46. The zero-order valence-electron chi connectivity index (χ0n) is 12.9. The molecule has 0 aliphatic carbocycles. The van der Waals surface area contributed by atoms with E-state index >= 15 is 0 Å². The first-order valence-electron chi connectivity index (χ1n) is 7.41. The number of hydrogen-bond acceptors (Lipinski definition) is 3. The average molecular weight is 289 g/mol. The van der Waals surface area contributed by atoms with E-state index in [0.29, 0.717) is 24.2 Å². The molecule has 5 nitrogen and oxygen atoms in total. The van der Waals surface area contributed by atoms with E-state index < -0.39 is 0 Å². The predicted molar refractivity (Wildman–Crippen MR) is 82.4 cm³/mol. The van der Waals surface area contributed by atoms with Crippen molar-refractivity contribution in [2.24, 2.45) is 0 Å². The highest BCUT2D eigenvalue weighted by Gasteiger charge is 2.24. The number of nitrogens with zero attached hydrogens (tertiary/aromatic N) is 2. The predicted octanol–water partition coefficient (Wildman–Crippen LogP) is 1.21. The molecule has 0 bridgehead atoms. The van der Waals surface area contributed by atoms with Crippen molar-refractivity contribution in [2.75, 3.05) is 33.2 Å². The molecule has 1 saturated heterocycles. The first-order chi connectivity index (χ1) is 10.0. The van der Waals surface area contributed by atoms with Crippen molar-refractivity contribution in [3.63, 3.8) is 0 Å². The maximum absolute atomic E-state index is 12.6. The molecule has 1 N–H and O–H groups in total. The minimum atomic E-state index is -0.0551. The molecular weight excluding hydrogens is 266 g/mol. The van der Waals surface area contributed by atoms with E-state index in [1.54, 1.807) is 36.2 Å². The smallest absolute Gasteiger partial charge is 0.254 e. The molecule has 1 aliphatic heterocycles. The van der Waals surface area contributed by atoms with Crippen molar-refractivity contribution >= 4 is 11.8 Å². The molecule has 1 heterocycles. The number of carbonyl (C=O) groups excluding carboxylic acids is 2. The summed E-state index contributed by atoms with van der Waals surface area (Å²) in [6.45, 7) is 6.92. The summed E-state index contributed by atoms with van der Waals surface area (Å²) in [5, 5.41) is 3.27. The minimum absolute atomic E-state index is 0.00204. The van der Waals surface area contributed by atoms with E-state index in [1.807, 2.05) is 18.7 Å². The van der Waals surface area contributed by atoms with Crippen molar-refractivity contribution < 1.29 is 9.59 Å². The van der Waals surface area contributed by atoms with Gasteiger partial charge in [0.2, 0.25) is 0 Å². The summed E-state index contributed by atoms with van der Waals surface area (Å²) in [5.74, 6) is -0.0571. The largest absolute Gasteiger partial charge is 0.342 e. The normalized spacial score (nSPS) is 18.4. The molecule has 1 fully saturated rings. The van der Waals surface area contributed by atoms with Gasteiger partial charge in [-0.15, -0.1) is 0 Å². The number of nitrogens with one attached hydrogen (secondary N) is 1. The quantitative estimate of drug-likeness (QED) is 0.910. The van der Waals surface area contributed by atoms with E-state index in [4.69, 9.17) is 0 Å². The molecular formula is C16H23N3O2. The standard InChI is InChI=1S/C16H23N3O2/c1-4-18(3)15(20)13-6-5-7-14(10-13)16(21)19-9-8-17-11-12(19)2/h5-7,10,12,17H,4,8-9,11H2,1-3H3/t12-/m0/s1. The maximum atomic E-state index is 12.6. The van der Waals surface area contributed by atoms with Gasteiger partial charge in [0, 0.05) is 50.4 Å². The molecule has 114 valence electrons. The van der Waals surface area contributed by atoms with Crippen molar-refractivity contribution in [3.8, 4) is 0 Å². The van der Waals surface area contributed by atoms with E-state index in [9.17, 15) is 9.59 Å². The monoisotopic (exact) mass is 289 g/mol.